The first-order valence-corrected chi connectivity index (χ1v) is 8.51. The number of carbonyl (C=O) groups is 2. The number of aromatic nitrogens is 1. The summed E-state index contributed by atoms with van der Waals surface area (Å²) in [6, 6.07) is 5.71. The molecule has 0 spiro atoms. The monoisotopic (exact) mass is 331 g/mol. The summed E-state index contributed by atoms with van der Waals surface area (Å²) in [5.41, 5.74) is 0.884. The van der Waals surface area contributed by atoms with E-state index in [-0.39, 0.29) is 17.7 Å². The summed E-state index contributed by atoms with van der Waals surface area (Å²) in [5, 5.41) is 0. The maximum Gasteiger partial charge on any atom is 0.223 e. The van der Waals surface area contributed by atoms with Gasteiger partial charge in [0.1, 0.15) is 0 Å². The van der Waals surface area contributed by atoms with E-state index in [4.69, 9.17) is 4.74 Å². The first-order chi connectivity index (χ1) is 11.5. The molecule has 3 rings (SSSR count). The quantitative estimate of drug-likeness (QED) is 0.831. The molecule has 0 aliphatic carbocycles. The van der Waals surface area contributed by atoms with E-state index in [0.29, 0.717) is 38.0 Å². The third-order valence-corrected chi connectivity index (χ3v) is 5.19. The highest BCUT2D eigenvalue weighted by atomic mass is 16.5. The lowest BCUT2D eigenvalue weighted by Gasteiger charge is -2.33. The van der Waals surface area contributed by atoms with Crippen molar-refractivity contribution in [2.75, 3.05) is 33.4 Å². The number of hydrogen-bond acceptors (Lipinski definition) is 4. The number of pyridine rings is 1. The van der Waals surface area contributed by atoms with Crippen molar-refractivity contribution in [2.45, 2.75) is 19.9 Å². The zero-order valence-electron chi connectivity index (χ0n) is 14.4. The van der Waals surface area contributed by atoms with Gasteiger partial charge in [-0.25, -0.2) is 0 Å². The Bertz CT molecular complexity index is 592. The van der Waals surface area contributed by atoms with E-state index in [1.54, 1.807) is 18.0 Å². The van der Waals surface area contributed by atoms with Gasteiger partial charge in [-0.2, -0.15) is 0 Å². The van der Waals surface area contributed by atoms with Crippen molar-refractivity contribution in [3.8, 4) is 0 Å². The van der Waals surface area contributed by atoms with Crippen molar-refractivity contribution in [1.82, 2.24) is 14.8 Å². The second-order valence-corrected chi connectivity index (χ2v) is 6.92. The molecule has 0 unspecified atom stereocenters. The fourth-order valence-electron chi connectivity index (χ4n) is 3.77. The zero-order valence-corrected chi connectivity index (χ0v) is 14.4. The van der Waals surface area contributed by atoms with Gasteiger partial charge >= 0.3 is 0 Å². The third-order valence-electron chi connectivity index (χ3n) is 5.19. The van der Waals surface area contributed by atoms with Crippen molar-refractivity contribution in [3.63, 3.8) is 0 Å². The minimum Gasteiger partial charge on any atom is -0.381 e. The number of carbonyl (C=O) groups excluding carboxylic acids is 2. The highest BCUT2D eigenvalue weighted by Gasteiger charge is 2.42. The van der Waals surface area contributed by atoms with Gasteiger partial charge in [-0.05, 0) is 24.0 Å². The van der Waals surface area contributed by atoms with Crippen LogP contribution in [0.1, 0.15) is 19.0 Å². The molecule has 3 atom stereocenters. The molecule has 1 aromatic rings. The second kappa shape index (κ2) is 7.30. The molecule has 6 nitrogen and oxygen atoms in total. The molecule has 0 saturated carbocycles. The minimum absolute atomic E-state index is 0.108. The van der Waals surface area contributed by atoms with E-state index < -0.39 is 0 Å². The van der Waals surface area contributed by atoms with Crippen LogP contribution in [-0.4, -0.2) is 59.9 Å². The van der Waals surface area contributed by atoms with E-state index in [1.807, 2.05) is 30.1 Å². The number of ether oxygens (including phenoxy) is 1. The van der Waals surface area contributed by atoms with Gasteiger partial charge in [-0.1, -0.05) is 6.07 Å². The van der Waals surface area contributed by atoms with Crippen LogP contribution in [0.3, 0.4) is 0 Å². The molecule has 130 valence electrons. The molecule has 2 aliphatic rings. The summed E-state index contributed by atoms with van der Waals surface area (Å²) in [6.45, 7) is 4.94. The van der Waals surface area contributed by atoms with E-state index >= 15 is 0 Å². The summed E-state index contributed by atoms with van der Waals surface area (Å²) < 4.78 is 5.70. The van der Waals surface area contributed by atoms with Gasteiger partial charge in [-0.3, -0.25) is 14.6 Å². The first-order valence-electron chi connectivity index (χ1n) is 8.51. The fraction of sp³-hybridized carbons (Fsp3) is 0.611. The van der Waals surface area contributed by atoms with Gasteiger partial charge in [0.05, 0.1) is 25.5 Å². The predicted molar refractivity (Wildman–Crippen MR) is 88.9 cm³/mol. The van der Waals surface area contributed by atoms with E-state index in [2.05, 4.69) is 4.98 Å². The van der Waals surface area contributed by atoms with E-state index in [9.17, 15) is 9.59 Å². The smallest absolute Gasteiger partial charge is 0.223 e. The predicted octanol–water partition coefficient (Wildman–Crippen LogP) is 1.17. The average Bonchev–Trinajstić information content (AvgIpc) is 3.01. The maximum atomic E-state index is 12.6. The molecule has 2 saturated heterocycles. The molecule has 0 radical (unpaired) electrons. The number of fused-ring (bicyclic) bond motifs is 1. The Morgan fingerprint density at radius 1 is 1.33 bits per heavy atom. The molecule has 0 bridgehead atoms. The highest BCUT2D eigenvalue weighted by Crippen LogP contribution is 2.36. The largest absolute Gasteiger partial charge is 0.381 e. The topological polar surface area (TPSA) is 62.7 Å². The molecule has 2 fully saturated rings. The van der Waals surface area contributed by atoms with Crippen molar-refractivity contribution in [2.24, 2.45) is 17.8 Å². The van der Waals surface area contributed by atoms with E-state index in [1.165, 1.54) is 0 Å². The van der Waals surface area contributed by atoms with Crippen LogP contribution < -0.4 is 0 Å². The lowest BCUT2D eigenvalue weighted by Crippen LogP contribution is -2.38. The van der Waals surface area contributed by atoms with Crippen LogP contribution in [0.4, 0.5) is 0 Å². The highest BCUT2D eigenvalue weighted by molar-refractivity contribution is 5.76. The molecule has 3 heterocycles. The Hall–Kier alpha value is -1.95. The summed E-state index contributed by atoms with van der Waals surface area (Å²) in [4.78, 5) is 32.1. The summed E-state index contributed by atoms with van der Waals surface area (Å²) in [7, 11) is 1.81. The minimum atomic E-state index is 0.108. The first kappa shape index (κ1) is 16.9. The van der Waals surface area contributed by atoms with Gasteiger partial charge in [0.2, 0.25) is 11.8 Å². The second-order valence-electron chi connectivity index (χ2n) is 6.92. The Kier molecular flexibility index (Phi) is 5.14. The number of nitrogens with zero attached hydrogens (tertiary/aromatic N) is 3. The SMILES string of the molecule is CC(=O)N1C[C@@H]2COC[C@@H](CC(=O)N(C)Cc3ccccn3)[C@@H]2C1. The molecule has 6 heteroatoms. The molecule has 0 N–H and O–H groups in total. The summed E-state index contributed by atoms with van der Waals surface area (Å²) in [5.74, 6) is 1.14. The average molecular weight is 331 g/mol. The Morgan fingerprint density at radius 3 is 2.88 bits per heavy atom. The Labute approximate surface area is 142 Å². The Balaban J connectivity index is 1.58. The van der Waals surface area contributed by atoms with Crippen molar-refractivity contribution in [1.29, 1.82) is 0 Å². The molecule has 0 aromatic carbocycles. The molecule has 1 aromatic heterocycles. The van der Waals surface area contributed by atoms with Gasteiger partial charge in [0.15, 0.2) is 0 Å². The lowest BCUT2D eigenvalue weighted by molar-refractivity contribution is -0.134. The van der Waals surface area contributed by atoms with Crippen molar-refractivity contribution in [3.05, 3.63) is 30.1 Å². The zero-order chi connectivity index (χ0) is 17.1. The summed E-state index contributed by atoms with van der Waals surface area (Å²) in [6.07, 6.45) is 2.21. The maximum absolute atomic E-state index is 12.6. The number of hydrogen-bond donors (Lipinski definition) is 0. The summed E-state index contributed by atoms with van der Waals surface area (Å²) >= 11 is 0. The van der Waals surface area contributed by atoms with Crippen LogP contribution in [0, 0.1) is 17.8 Å². The lowest BCUT2D eigenvalue weighted by atomic mass is 9.81. The standard InChI is InChI=1S/C18H25N3O3/c1-13(22)21-8-15-12-24-11-14(17(15)10-21)7-18(23)20(2)9-16-5-3-4-6-19-16/h3-6,14-15,17H,7-12H2,1-2H3/t14-,15-,17+/m1/s1. The van der Waals surface area contributed by atoms with Gasteiger partial charge in [-0.15, -0.1) is 0 Å². The van der Waals surface area contributed by atoms with Crippen LogP contribution in [-0.2, 0) is 20.9 Å². The normalized spacial score (nSPS) is 26.1. The molecular weight excluding hydrogens is 306 g/mol. The molecule has 24 heavy (non-hydrogen) atoms. The number of rotatable bonds is 4. The van der Waals surface area contributed by atoms with Gasteiger partial charge < -0.3 is 14.5 Å². The van der Waals surface area contributed by atoms with E-state index in [0.717, 1.165) is 18.8 Å². The fourth-order valence-corrected chi connectivity index (χ4v) is 3.77. The van der Waals surface area contributed by atoms with Crippen LogP contribution in [0.2, 0.25) is 0 Å². The third kappa shape index (κ3) is 3.75. The van der Waals surface area contributed by atoms with Gasteiger partial charge in [0.25, 0.3) is 0 Å². The van der Waals surface area contributed by atoms with Crippen LogP contribution in [0.5, 0.6) is 0 Å². The van der Waals surface area contributed by atoms with Crippen LogP contribution in [0.15, 0.2) is 24.4 Å². The van der Waals surface area contributed by atoms with Crippen molar-refractivity contribution < 1.29 is 14.3 Å². The van der Waals surface area contributed by atoms with Crippen molar-refractivity contribution >= 4 is 11.8 Å². The molecule has 2 aliphatic heterocycles. The van der Waals surface area contributed by atoms with Crippen LogP contribution in [0.25, 0.3) is 0 Å². The molecular formula is C18H25N3O3. The van der Waals surface area contributed by atoms with Crippen LogP contribution >= 0.6 is 0 Å². The molecule has 2 amide bonds. The number of amides is 2. The van der Waals surface area contributed by atoms with Gasteiger partial charge in [0, 0.05) is 45.6 Å². The Morgan fingerprint density at radius 2 is 2.17 bits per heavy atom. The number of likely N-dealkylation sites (tertiary alicyclic amines) is 1.